The number of aromatic amines is 1. The number of amides is 1. The molecule has 0 radical (unpaired) electrons. The van der Waals surface area contributed by atoms with Crippen LogP contribution in [0.25, 0.3) is 10.2 Å². The van der Waals surface area contributed by atoms with Crippen LogP contribution in [0.2, 0.25) is 5.02 Å². The standard InChI is InChI=1S/C18H16ClN3O4S/c1-8-13-16(24)20-10(3)21-17(13)27-14(8)18(25)26-9(2)15(23)22-12-7-5-4-6-11(12)19/h4-7,9H,1-3H3,(H,22,23)(H,20,21,24)/t9-/m0/s1. The van der Waals surface area contributed by atoms with Gasteiger partial charge in [0.15, 0.2) is 6.10 Å². The Kier molecular flexibility index (Phi) is 5.29. The first-order valence-electron chi connectivity index (χ1n) is 8.04. The minimum atomic E-state index is -1.05. The summed E-state index contributed by atoms with van der Waals surface area (Å²) in [5.41, 5.74) is 0.596. The Morgan fingerprint density at radius 1 is 1.30 bits per heavy atom. The lowest BCUT2D eigenvalue weighted by Crippen LogP contribution is -2.30. The number of thiophene rings is 1. The van der Waals surface area contributed by atoms with Gasteiger partial charge in [0, 0.05) is 0 Å². The van der Waals surface area contributed by atoms with Crippen molar-refractivity contribution in [3.8, 4) is 0 Å². The van der Waals surface area contributed by atoms with E-state index in [0.29, 0.717) is 32.3 Å². The molecule has 1 aromatic carbocycles. The van der Waals surface area contributed by atoms with E-state index in [1.807, 2.05) is 0 Å². The predicted octanol–water partition coefficient (Wildman–Crippen LogP) is 3.44. The highest BCUT2D eigenvalue weighted by molar-refractivity contribution is 7.20. The Labute approximate surface area is 163 Å². The van der Waals surface area contributed by atoms with E-state index in [9.17, 15) is 14.4 Å². The summed E-state index contributed by atoms with van der Waals surface area (Å²) in [6.45, 7) is 4.77. The van der Waals surface area contributed by atoms with Crippen LogP contribution in [0, 0.1) is 13.8 Å². The second-order valence-electron chi connectivity index (χ2n) is 5.90. The number of hydrogen-bond donors (Lipinski definition) is 2. The Balaban J connectivity index is 1.79. The molecule has 0 unspecified atom stereocenters. The average molecular weight is 406 g/mol. The molecule has 0 bridgehead atoms. The molecule has 0 fully saturated rings. The number of carbonyl (C=O) groups excluding carboxylic acids is 2. The molecule has 140 valence electrons. The van der Waals surface area contributed by atoms with Gasteiger partial charge in [-0.3, -0.25) is 9.59 Å². The van der Waals surface area contributed by atoms with Crippen LogP contribution in [0.4, 0.5) is 5.69 Å². The second kappa shape index (κ2) is 7.50. The SMILES string of the molecule is Cc1nc2sc(C(=O)O[C@@H](C)C(=O)Nc3ccccc3Cl)c(C)c2c(=O)[nH]1. The van der Waals surface area contributed by atoms with E-state index in [0.717, 1.165) is 11.3 Å². The maximum atomic E-state index is 12.5. The second-order valence-corrected chi connectivity index (χ2v) is 7.31. The zero-order chi connectivity index (χ0) is 19.7. The number of halogens is 1. The van der Waals surface area contributed by atoms with E-state index in [-0.39, 0.29) is 10.4 Å². The fourth-order valence-electron chi connectivity index (χ4n) is 2.51. The monoisotopic (exact) mass is 405 g/mol. The van der Waals surface area contributed by atoms with E-state index in [2.05, 4.69) is 15.3 Å². The average Bonchev–Trinajstić information content (AvgIpc) is 2.93. The summed E-state index contributed by atoms with van der Waals surface area (Å²) in [4.78, 5) is 44.4. The molecule has 2 N–H and O–H groups in total. The van der Waals surface area contributed by atoms with Crippen LogP contribution in [-0.2, 0) is 9.53 Å². The van der Waals surface area contributed by atoms with Crippen molar-refractivity contribution in [2.24, 2.45) is 0 Å². The zero-order valence-electron chi connectivity index (χ0n) is 14.8. The lowest BCUT2D eigenvalue weighted by Gasteiger charge is -2.14. The maximum Gasteiger partial charge on any atom is 0.349 e. The first-order chi connectivity index (χ1) is 12.8. The Morgan fingerprint density at radius 2 is 2.00 bits per heavy atom. The van der Waals surface area contributed by atoms with Gasteiger partial charge in [-0.25, -0.2) is 9.78 Å². The molecule has 1 atom stereocenters. The van der Waals surface area contributed by atoms with E-state index in [1.165, 1.54) is 6.92 Å². The number of benzene rings is 1. The van der Waals surface area contributed by atoms with Crippen LogP contribution in [0.5, 0.6) is 0 Å². The summed E-state index contributed by atoms with van der Waals surface area (Å²) >= 11 is 7.07. The van der Waals surface area contributed by atoms with E-state index in [4.69, 9.17) is 16.3 Å². The first kappa shape index (κ1) is 19.1. The Morgan fingerprint density at radius 3 is 2.70 bits per heavy atom. The smallest absolute Gasteiger partial charge is 0.349 e. The van der Waals surface area contributed by atoms with Gasteiger partial charge in [0.05, 0.1) is 16.1 Å². The fraction of sp³-hybridized carbons (Fsp3) is 0.222. The summed E-state index contributed by atoms with van der Waals surface area (Å²) in [7, 11) is 0. The number of H-pyrrole nitrogens is 1. The van der Waals surface area contributed by atoms with E-state index < -0.39 is 18.0 Å². The molecule has 3 rings (SSSR count). The van der Waals surface area contributed by atoms with Gasteiger partial charge in [-0.2, -0.15) is 0 Å². The summed E-state index contributed by atoms with van der Waals surface area (Å²) in [6, 6.07) is 6.75. The maximum absolute atomic E-state index is 12.5. The highest BCUT2D eigenvalue weighted by Crippen LogP contribution is 2.28. The quantitative estimate of drug-likeness (QED) is 0.647. The molecular weight excluding hydrogens is 390 g/mol. The molecule has 27 heavy (non-hydrogen) atoms. The summed E-state index contributed by atoms with van der Waals surface area (Å²) in [5.74, 6) is -0.738. The third kappa shape index (κ3) is 3.86. The van der Waals surface area contributed by atoms with Gasteiger partial charge in [-0.05, 0) is 38.5 Å². The minimum absolute atomic E-state index is 0.242. The van der Waals surface area contributed by atoms with Crippen molar-refractivity contribution in [2.45, 2.75) is 26.9 Å². The summed E-state index contributed by atoms with van der Waals surface area (Å²) < 4.78 is 5.27. The van der Waals surface area contributed by atoms with Gasteiger partial charge in [0.1, 0.15) is 15.5 Å². The number of ether oxygens (including phenoxy) is 1. The lowest BCUT2D eigenvalue weighted by atomic mass is 10.2. The fourth-order valence-corrected chi connectivity index (χ4v) is 3.80. The molecular formula is C18H16ClN3O4S. The largest absolute Gasteiger partial charge is 0.448 e. The van der Waals surface area contributed by atoms with Crippen LogP contribution >= 0.6 is 22.9 Å². The first-order valence-corrected chi connectivity index (χ1v) is 9.23. The zero-order valence-corrected chi connectivity index (χ0v) is 16.3. The molecule has 0 aliphatic rings. The number of aryl methyl sites for hydroxylation is 2. The van der Waals surface area contributed by atoms with Crippen molar-refractivity contribution in [3.63, 3.8) is 0 Å². The molecule has 0 spiro atoms. The number of esters is 1. The number of anilines is 1. The minimum Gasteiger partial charge on any atom is -0.448 e. The van der Waals surface area contributed by atoms with Gasteiger partial charge in [0.2, 0.25) is 0 Å². The van der Waals surface area contributed by atoms with Gasteiger partial charge in [-0.15, -0.1) is 11.3 Å². The van der Waals surface area contributed by atoms with E-state index >= 15 is 0 Å². The van der Waals surface area contributed by atoms with Crippen LogP contribution in [-0.4, -0.2) is 27.9 Å². The van der Waals surface area contributed by atoms with Crippen molar-refractivity contribution in [1.29, 1.82) is 0 Å². The van der Waals surface area contributed by atoms with Crippen molar-refractivity contribution >= 4 is 50.7 Å². The third-order valence-electron chi connectivity index (χ3n) is 3.89. The summed E-state index contributed by atoms with van der Waals surface area (Å²) in [6.07, 6.45) is -1.05. The number of para-hydroxylation sites is 1. The van der Waals surface area contributed by atoms with Crippen LogP contribution in [0.15, 0.2) is 29.1 Å². The van der Waals surface area contributed by atoms with Crippen LogP contribution in [0.3, 0.4) is 0 Å². The summed E-state index contributed by atoms with van der Waals surface area (Å²) in [5, 5.41) is 3.35. The Bertz CT molecular complexity index is 1110. The molecule has 0 aliphatic carbocycles. The van der Waals surface area contributed by atoms with Crippen molar-refractivity contribution in [3.05, 3.63) is 55.9 Å². The molecule has 1 amide bonds. The molecule has 7 nitrogen and oxygen atoms in total. The highest BCUT2D eigenvalue weighted by atomic mass is 35.5. The molecule has 2 aromatic heterocycles. The van der Waals surface area contributed by atoms with E-state index in [1.54, 1.807) is 38.1 Å². The molecule has 2 heterocycles. The molecule has 9 heteroatoms. The topological polar surface area (TPSA) is 101 Å². The van der Waals surface area contributed by atoms with Gasteiger partial charge < -0.3 is 15.0 Å². The van der Waals surface area contributed by atoms with Crippen LogP contribution < -0.4 is 10.9 Å². The van der Waals surface area contributed by atoms with Gasteiger partial charge in [-0.1, -0.05) is 23.7 Å². The number of aromatic nitrogens is 2. The third-order valence-corrected chi connectivity index (χ3v) is 5.38. The molecule has 3 aromatic rings. The lowest BCUT2D eigenvalue weighted by molar-refractivity contribution is -0.123. The number of carbonyl (C=O) groups is 2. The Hall–Kier alpha value is -2.71. The van der Waals surface area contributed by atoms with Crippen molar-refractivity contribution in [2.75, 3.05) is 5.32 Å². The number of fused-ring (bicyclic) bond motifs is 1. The molecule has 0 aliphatic heterocycles. The number of hydrogen-bond acceptors (Lipinski definition) is 6. The number of rotatable bonds is 4. The van der Waals surface area contributed by atoms with Gasteiger partial charge in [0.25, 0.3) is 11.5 Å². The molecule has 0 saturated heterocycles. The molecule has 0 saturated carbocycles. The van der Waals surface area contributed by atoms with Crippen LogP contribution in [0.1, 0.15) is 28.0 Å². The normalized spacial score (nSPS) is 12.0. The predicted molar refractivity (Wildman–Crippen MR) is 105 cm³/mol. The van der Waals surface area contributed by atoms with Crippen molar-refractivity contribution in [1.82, 2.24) is 9.97 Å². The number of nitrogens with one attached hydrogen (secondary N) is 2. The van der Waals surface area contributed by atoms with Gasteiger partial charge >= 0.3 is 5.97 Å². The number of nitrogens with zero attached hydrogens (tertiary/aromatic N) is 1. The highest BCUT2D eigenvalue weighted by Gasteiger charge is 2.24. The van der Waals surface area contributed by atoms with Crippen molar-refractivity contribution < 1.29 is 14.3 Å².